The van der Waals surface area contributed by atoms with E-state index in [2.05, 4.69) is 31.2 Å². The molecule has 1 N–H and O–H groups in total. The van der Waals surface area contributed by atoms with Crippen LogP contribution in [0.3, 0.4) is 0 Å². The fourth-order valence-electron chi connectivity index (χ4n) is 1.29. The molecule has 0 unspecified atom stereocenters. The number of halogens is 1. The molecule has 17 heavy (non-hydrogen) atoms. The Balaban J connectivity index is 1.96. The smallest absolute Gasteiger partial charge is 0.270 e. The number of pyridine rings is 2. The molecule has 0 saturated carbocycles. The summed E-state index contributed by atoms with van der Waals surface area (Å²) >= 11 is 3.27. The van der Waals surface area contributed by atoms with Gasteiger partial charge in [0.15, 0.2) is 0 Å². The molecule has 0 aromatic carbocycles. The molecule has 0 bridgehead atoms. The number of aromatic nitrogens is 2. The fraction of sp³-hybridized carbons (Fsp3) is 0.0833. The Bertz CT molecular complexity index is 499. The van der Waals surface area contributed by atoms with Crippen LogP contribution in [0.1, 0.15) is 16.1 Å². The first-order chi connectivity index (χ1) is 8.25. The minimum Gasteiger partial charge on any atom is -0.347 e. The molecule has 5 heteroatoms. The van der Waals surface area contributed by atoms with Gasteiger partial charge in [0.1, 0.15) is 5.69 Å². The molecular weight excluding hydrogens is 282 g/mol. The van der Waals surface area contributed by atoms with Crippen LogP contribution in [-0.2, 0) is 6.54 Å². The third-order valence-corrected chi connectivity index (χ3v) is 2.60. The molecule has 0 fully saturated rings. The van der Waals surface area contributed by atoms with Crippen LogP contribution in [0.15, 0.2) is 47.3 Å². The maximum absolute atomic E-state index is 11.7. The van der Waals surface area contributed by atoms with Crippen molar-refractivity contribution in [3.8, 4) is 0 Å². The number of carbonyl (C=O) groups is 1. The topological polar surface area (TPSA) is 54.9 Å². The zero-order chi connectivity index (χ0) is 12.1. The molecule has 0 spiro atoms. The summed E-state index contributed by atoms with van der Waals surface area (Å²) in [5.74, 6) is -0.193. The molecule has 2 aromatic rings. The van der Waals surface area contributed by atoms with Gasteiger partial charge in [-0.15, -0.1) is 0 Å². The van der Waals surface area contributed by atoms with Crippen molar-refractivity contribution in [2.45, 2.75) is 6.54 Å². The lowest BCUT2D eigenvalue weighted by molar-refractivity contribution is 0.0946. The van der Waals surface area contributed by atoms with E-state index in [9.17, 15) is 4.79 Å². The highest BCUT2D eigenvalue weighted by atomic mass is 79.9. The molecule has 0 aliphatic heterocycles. The second-order valence-corrected chi connectivity index (χ2v) is 4.32. The van der Waals surface area contributed by atoms with Crippen molar-refractivity contribution in [1.82, 2.24) is 15.3 Å². The summed E-state index contributed by atoms with van der Waals surface area (Å²) in [7, 11) is 0. The molecule has 0 radical (unpaired) electrons. The summed E-state index contributed by atoms with van der Waals surface area (Å²) in [6.07, 6.45) is 5.01. The summed E-state index contributed by atoms with van der Waals surface area (Å²) in [6.45, 7) is 0.449. The van der Waals surface area contributed by atoms with E-state index >= 15 is 0 Å². The van der Waals surface area contributed by atoms with E-state index < -0.39 is 0 Å². The van der Waals surface area contributed by atoms with Gasteiger partial charge < -0.3 is 5.32 Å². The van der Waals surface area contributed by atoms with Crippen molar-refractivity contribution in [1.29, 1.82) is 0 Å². The second kappa shape index (κ2) is 5.54. The van der Waals surface area contributed by atoms with Gasteiger partial charge in [0, 0.05) is 29.6 Å². The Kier molecular flexibility index (Phi) is 3.82. The highest BCUT2D eigenvalue weighted by molar-refractivity contribution is 9.10. The van der Waals surface area contributed by atoms with Crippen LogP contribution < -0.4 is 5.32 Å². The maximum atomic E-state index is 11.7. The standard InChI is InChI=1S/C12H10BrN3O/c13-10-3-4-11(15-8-10)12(17)16-7-9-2-1-5-14-6-9/h1-6,8H,7H2,(H,16,17). The monoisotopic (exact) mass is 291 g/mol. The number of nitrogens with one attached hydrogen (secondary N) is 1. The molecule has 2 heterocycles. The molecule has 1 amide bonds. The third-order valence-electron chi connectivity index (χ3n) is 2.14. The van der Waals surface area contributed by atoms with E-state index in [1.165, 1.54) is 0 Å². The van der Waals surface area contributed by atoms with Crippen LogP contribution in [0.2, 0.25) is 0 Å². The van der Waals surface area contributed by atoms with Crippen molar-refractivity contribution in [2.24, 2.45) is 0 Å². The third kappa shape index (κ3) is 3.35. The Morgan fingerprint density at radius 3 is 2.82 bits per heavy atom. The zero-order valence-electron chi connectivity index (χ0n) is 8.93. The Labute approximate surface area is 107 Å². The van der Waals surface area contributed by atoms with Gasteiger partial charge in [0.05, 0.1) is 0 Å². The number of rotatable bonds is 3. The molecule has 0 atom stereocenters. The van der Waals surface area contributed by atoms with Crippen molar-refractivity contribution < 1.29 is 4.79 Å². The lowest BCUT2D eigenvalue weighted by Crippen LogP contribution is -2.23. The Hall–Kier alpha value is -1.75. The molecule has 86 valence electrons. The molecule has 2 rings (SSSR count). The second-order valence-electron chi connectivity index (χ2n) is 3.41. The van der Waals surface area contributed by atoms with Crippen LogP contribution in [0.4, 0.5) is 0 Å². The molecule has 0 aliphatic rings. The number of hydrogen-bond donors (Lipinski definition) is 1. The average molecular weight is 292 g/mol. The van der Waals surface area contributed by atoms with Gasteiger partial charge in [-0.05, 0) is 39.7 Å². The fourth-order valence-corrected chi connectivity index (χ4v) is 1.52. The van der Waals surface area contributed by atoms with Crippen LogP contribution in [-0.4, -0.2) is 15.9 Å². The van der Waals surface area contributed by atoms with Crippen LogP contribution in [0, 0.1) is 0 Å². The minimum atomic E-state index is -0.193. The van der Waals surface area contributed by atoms with E-state index in [4.69, 9.17) is 0 Å². The van der Waals surface area contributed by atoms with E-state index in [-0.39, 0.29) is 5.91 Å². The molecule has 4 nitrogen and oxygen atoms in total. The minimum absolute atomic E-state index is 0.193. The maximum Gasteiger partial charge on any atom is 0.270 e. The highest BCUT2D eigenvalue weighted by Gasteiger charge is 2.05. The summed E-state index contributed by atoms with van der Waals surface area (Å²) in [5.41, 5.74) is 1.36. The first-order valence-electron chi connectivity index (χ1n) is 5.04. The predicted molar refractivity (Wildman–Crippen MR) is 67.3 cm³/mol. The summed E-state index contributed by atoms with van der Waals surface area (Å²) in [4.78, 5) is 19.7. The van der Waals surface area contributed by atoms with Gasteiger partial charge in [-0.1, -0.05) is 6.07 Å². The van der Waals surface area contributed by atoms with Crippen LogP contribution in [0.25, 0.3) is 0 Å². The lowest BCUT2D eigenvalue weighted by atomic mass is 10.3. The normalized spacial score (nSPS) is 9.94. The summed E-state index contributed by atoms with van der Waals surface area (Å²) < 4.78 is 0.848. The Morgan fingerprint density at radius 1 is 1.29 bits per heavy atom. The van der Waals surface area contributed by atoms with Crippen LogP contribution in [0.5, 0.6) is 0 Å². The van der Waals surface area contributed by atoms with Crippen LogP contribution >= 0.6 is 15.9 Å². The van der Waals surface area contributed by atoms with E-state index in [1.807, 2.05) is 12.1 Å². The average Bonchev–Trinajstić information content (AvgIpc) is 2.38. The number of hydrogen-bond acceptors (Lipinski definition) is 3. The molecule has 2 aromatic heterocycles. The summed E-state index contributed by atoms with van der Waals surface area (Å²) in [6, 6.07) is 7.19. The van der Waals surface area contributed by atoms with Gasteiger partial charge in [0.2, 0.25) is 0 Å². The number of amides is 1. The highest BCUT2D eigenvalue weighted by Crippen LogP contribution is 2.07. The number of carbonyl (C=O) groups excluding carboxylic acids is 1. The van der Waals surface area contributed by atoms with Gasteiger partial charge in [-0.3, -0.25) is 9.78 Å². The molecular formula is C12H10BrN3O. The van der Waals surface area contributed by atoms with Gasteiger partial charge >= 0.3 is 0 Å². The van der Waals surface area contributed by atoms with E-state index in [0.29, 0.717) is 12.2 Å². The van der Waals surface area contributed by atoms with Crippen molar-refractivity contribution in [3.63, 3.8) is 0 Å². The molecule has 0 aliphatic carbocycles. The lowest BCUT2D eigenvalue weighted by Gasteiger charge is -2.04. The number of nitrogens with zero attached hydrogens (tertiary/aromatic N) is 2. The predicted octanol–water partition coefficient (Wildman–Crippen LogP) is 2.17. The first kappa shape index (κ1) is 11.7. The first-order valence-corrected chi connectivity index (χ1v) is 5.83. The van der Waals surface area contributed by atoms with Crippen molar-refractivity contribution in [3.05, 3.63) is 58.6 Å². The SMILES string of the molecule is O=C(NCc1cccnc1)c1ccc(Br)cn1. The van der Waals surface area contributed by atoms with Crippen molar-refractivity contribution >= 4 is 21.8 Å². The van der Waals surface area contributed by atoms with Gasteiger partial charge in [0.25, 0.3) is 5.91 Å². The van der Waals surface area contributed by atoms with Gasteiger partial charge in [-0.2, -0.15) is 0 Å². The molecule has 0 saturated heterocycles. The Morgan fingerprint density at radius 2 is 2.18 bits per heavy atom. The van der Waals surface area contributed by atoms with E-state index in [0.717, 1.165) is 10.0 Å². The van der Waals surface area contributed by atoms with E-state index in [1.54, 1.807) is 30.7 Å². The van der Waals surface area contributed by atoms with Gasteiger partial charge in [-0.25, -0.2) is 4.98 Å². The van der Waals surface area contributed by atoms with Crippen molar-refractivity contribution in [2.75, 3.05) is 0 Å². The largest absolute Gasteiger partial charge is 0.347 e. The quantitative estimate of drug-likeness (QED) is 0.943. The zero-order valence-corrected chi connectivity index (χ0v) is 10.5. The summed E-state index contributed by atoms with van der Waals surface area (Å²) in [5, 5.41) is 2.78.